The predicted molar refractivity (Wildman–Crippen MR) is 72.1 cm³/mol. The highest BCUT2D eigenvalue weighted by Crippen LogP contribution is 2.27. The van der Waals surface area contributed by atoms with E-state index >= 15 is 0 Å². The van der Waals surface area contributed by atoms with Crippen LogP contribution < -0.4 is 5.32 Å². The molecule has 5 heteroatoms. The normalized spacial score (nSPS) is 26.1. The molecule has 1 aromatic rings. The molecule has 2 unspecified atom stereocenters. The summed E-state index contributed by atoms with van der Waals surface area (Å²) in [5.41, 5.74) is 1.14. The van der Waals surface area contributed by atoms with Crippen molar-refractivity contribution in [1.82, 2.24) is 10.3 Å². The summed E-state index contributed by atoms with van der Waals surface area (Å²) in [5.74, 6) is 0. The molecule has 1 saturated carbocycles. The smallest absolute Gasteiger partial charge is 0.151 e. The minimum absolute atomic E-state index is 0.0724. The maximum atomic E-state index is 11.7. The van der Waals surface area contributed by atoms with Crippen LogP contribution in [0.5, 0.6) is 0 Å². The fraction of sp³-hybridized carbons (Fsp3) is 0.615. The minimum atomic E-state index is -2.95. The Balaban J connectivity index is 2.05. The summed E-state index contributed by atoms with van der Waals surface area (Å²) in [5, 5.41) is 3.21. The van der Waals surface area contributed by atoms with Crippen molar-refractivity contribution < 1.29 is 8.42 Å². The lowest BCUT2D eigenvalue weighted by atomic mass is 10.1. The Kier molecular flexibility index (Phi) is 4.02. The van der Waals surface area contributed by atoms with E-state index in [2.05, 4.69) is 17.2 Å². The van der Waals surface area contributed by atoms with Crippen molar-refractivity contribution in [2.24, 2.45) is 0 Å². The summed E-state index contributed by atoms with van der Waals surface area (Å²) < 4.78 is 23.4. The van der Waals surface area contributed by atoms with Gasteiger partial charge in [0, 0.05) is 30.7 Å². The molecule has 0 saturated heterocycles. The Hall–Kier alpha value is -0.940. The molecular weight excluding hydrogens is 248 g/mol. The Labute approximate surface area is 109 Å². The van der Waals surface area contributed by atoms with Gasteiger partial charge in [-0.2, -0.15) is 0 Å². The van der Waals surface area contributed by atoms with Crippen molar-refractivity contribution in [1.29, 1.82) is 0 Å². The first-order valence-electron chi connectivity index (χ1n) is 6.33. The lowest BCUT2D eigenvalue weighted by Gasteiger charge is -2.24. The molecule has 1 fully saturated rings. The number of sulfone groups is 1. The SMILES string of the molecule is C[C@@H](NC1CCCC1S(C)(=O)=O)c1ccncc1. The average molecular weight is 268 g/mol. The number of nitrogens with one attached hydrogen (secondary N) is 1. The van der Waals surface area contributed by atoms with Crippen LogP contribution in [0.2, 0.25) is 0 Å². The maximum absolute atomic E-state index is 11.7. The average Bonchev–Trinajstić information content (AvgIpc) is 2.78. The molecular formula is C13H20N2O2S. The van der Waals surface area contributed by atoms with Crippen LogP contribution in [0.3, 0.4) is 0 Å². The van der Waals surface area contributed by atoms with Gasteiger partial charge in [0.15, 0.2) is 9.84 Å². The highest BCUT2D eigenvalue weighted by molar-refractivity contribution is 7.91. The third-order valence-corrected chi connectivity index (χ3v) is 5.34. The lowest BCUT2D eigenvalue weighted by Crippen LogP contribution is -2.41. The molecule has 4 nitrogen and oxygen atoms in total. The standard InChI is InChI=1S/C13H20N2O2S/c1-10(11-6-8-14-9-7-11)15-12-4-3-5-13(12)18(2,16)17/h6-10,12-13,15H,3-5H2,1-2H3/t10-,12?,13?/m1/s1. The molecule has 1 aliphatic rings. The Morgan fingerprint density at radius 3 is 2.61 bits per heavy atom. The zero-order valence-electron chi connectivity index (χ0n) is 10.8. The molecule has 0 bridgehead atoms. The predicted octanol–water partition coefficient (Wildman–Crippen LogP) is 1.70. The molecule has 100 valence electrons. The van der Waals surface area contributed by atoms with Gasteiger partial charge in [-0.3, -0.25) is 4.98 Å². The summed E-state index contributed by atoms with van der Waals surface area (Å²) in [6.07, 6.45) is 7.56. The summed E-state index contributed by atoms with van der Waals surface area (Å²) in [7, 11) is -2.95. The van der Waals surface area contributed by atoms with E-state index in [0.29, 0.717) is 0 Å². The molecule has 1 aromatic heterocycles. The zero-order valence-corrected chi connectivity index (χ0v) is 11.7. The molecule has 0 amide bonds. The number of pyridine rings is 1. The van der Waals surface area contributed by atoms with E-state index in [1.807, 2.05) is 12.1 Å². The van der Waals surface area contributed by atoms with E-state index in [0.717, 1.165) is 24.8 Å². The molecule has 1 N–H and O–H groups in total. The second-order valence-electron chi connectivity index (χ2n) is 5.07. The van der Waals surface area contributed by atoms with Crippen molar-refractivity contribution in [2.45, 2.75) is 43.5 Å². The summed E-state index contributed by atoms with van der Waals surface area (Å²) >= 11 is 0. The molecule has 2 rings (SSSR count). The maximum Gasteiger partial charge on any atom is 0.151 e. The van der Waals surface area contributed by atoms with Crippen LogP contribution in [0, 0.1) is 0 Å². The van der Waals surface area contributed by atoms with Crippen LogP contribution in [0.15, 0.2) is 24.5 Å². The number of hydrogen-bond donors (Lipinski definition) is 1. The van der Waals surface area contributed by atoms with Crippen molar-refractivity contribution >= 4 is 9.84 Å². The fourth-order valence-electron chi connectivity index (χ4n) is 2.70. The van der Waals surface area contributed by atoms with Crippen molar-refractivity contribution in [3.63, 3.8) is 0 Å². The van der Waals surface area contributed by atoms with Gasteiger partial charge in [0.1, 0.15) is 0 Å². The number of nitrogens with zero attached hydrogens (tertiary/aromatic N) is 1. The summed E-state index contributed by atoms with van der Waals surface area (Å²) in [6.45, 7) is 2.06. The summed E-state index contributed by atoms with van der Waals surface area (Å²) in [6, 6.07) is 4.15. The first-order valence-corrected chi connectivity index (χ1v) is 8.29. The van der Waals surface area contributed by atoms with Gasteiger partial charge in [-0.25, -0.2) is 8.42 Å². The van der Waals surface area contributed by atoms with Crippen molar-refractivity contribution in [2.75, 3.05) is 6.26 Å². The fourth-order valence-corrected chi connectivity index (χ4v) is 4.10. The first-order chi connectivity index (χ1) is 8.48. The number of rotatable bonds is 4. The summed E-state index contributed by atoms with van der Waals surface area (Å²) in [4.78, 5) is 3.99. The van der Waals surface area contributed by atoms with E-state index < -0.39 is 9.84 Å². The highest BCUT2D eigenvalue weighted by Gasteiger charge is 2.35. The van der Waals surface area contributed by atoms with Crippen molar-refractivity contribution in [3.8, 4) is 0 Å². The van der Waals surface area contributed by atoms with Crippen LogP contribution in [-0.4, -0.2) is 30.9 Å². The van der Waals surface area contributed by atoms with Crippen LogP contribution in [0.4, 0.5) is 0 Å². The van der Waals surface area contributed by atoms with Crippen LogP contribution in [-0.2, 0) is 9.84 Å². The van der Waals surface area contributed by atoms with Gasteiger partial charge in [0.2, 0.25) is 0 Å². The molecule has 1 aliphatic carbocycles. The quantitative estimate of drug-likeness (QED) is 0.903. The third kappa shape index (κ3) is 3.09. The van der Waals surface area contributed by atoms with Gasteiger partial charge in [-0.05, 0) is 37.5 Å². The topological polar surface area (TPSA) is 59.1 Å². The highest BCUT2D eigenvalue weighted by atomic mass is 32.2. The minimum Gasteiger partial charge on any atom is -0.306 e. The van der Waals surface area contributed by atoms with Gasteiger partial charge in [0.05, 0.1) is 5.25 Å². The molecule has 0 radical (unpaired) electrons. The zero-order chi connectivity index (χ0) is 13.2. The Morgan fingerprint density at radius 2 is 2.00 bits per heavy atom. The van der Waals surface area contributed by atoms with Gasteiger partial charge < -0.3 is 5.32 Å². The van der Waals surface area contributed by atoms with E-state index in [4.69, 9.17) is 0 Å². The number of aromatic nitrogens is 1. The molecule has 0 aromatic carbocycles. The number of hydrogen-bond acceptors (Lipinski definition) is 4. The molecule has 0 aliphatic heterocycles. The van der Waals surface area contributed by atoms with Crippen LogP contribution in [0.25, 0.3) is 0 Å². The third-order valence-electron chi connectivity index (χ3n) is 3.67. The molecule has 3 atom stereocenters. The van der Waals surface area contributed by atoms with Gasteiger partial charge in [0.25, 0.3) is 0 Å². The Morgan fingerprint density at radius 1 is 1.33 bits per heavy atom. The van der Waals surface area contributed by atoms with E-state index in [9.17, 15) is 8.42 Å². The first kappa shape index (κ1) is 13.5. The van der Waals surface area contributed by atoms with E-state index in [1.54, 1.807) is 12.4 Å². The van der Waals surface area contributed by atoms with E-state index in [1.165, 1.54) is 6.26 Å². The van der Waals surface area contributed by atoms with Gasteiger partial charge in [-0.1, -0.05) is 6.42 Å². The monoisotopic (exact) mass is 268 g/mol. The Bertz CT molecular complexity index is 487. The van der Waals surface area contributed by atoms with Gasteiger partial charge >= 0.3 is 0 Å². The lowest BCUT2D eigenvalue weighted by molar-refractivity contribution is 0.455. The molecule has 0 spiro atoms. The largest absolute Gasteiger partial charge is 0.306 e. The molecule has 1 heterocycles. The second kappa shape index (κ2) is 5.36. The van der Waals surface area contributed by atoms with Crippen LogP contribution >= 0.6 is 0 Å². The van der Waals surface area contributed by atoms with E-state index in [-0.39, 0.29) is 17.3 Å². The van der Waals surface area contributed by atoms with Gasteiger partial charge in [-0.15, -0.1) is 0 Å². The second-order valence-corrected chi connectivity index (χ2v) is 7.34. The van der Waals surface area contributed by atoms with Crippen LogP contribution in [0.1, 0.15) is 37.8 Å². The van der Waals surface area contributed by atoms with Crippen molar-refractivity contribution in [3.05, 3.63) is 30.1 Å². The molecule has 18 heavy (non-hydrogen) atoms.